The maximum Gasteiger partial charge on any atom is 0.321 e. The Hall–Kier alpha value is -3.35. The van der Waals surface area contributed by atoms with E-state index in [9.17, 15) is 37.0 Å². The highest BCUT2D eigenvalue weighted by atomic mass is 35.5. The smallest absolute Gasteiger partial charge is 0.321 e. The van der Waals surface area contributed by atoms with E-state index in [0.717, 1.165) is 30.5 Å². The van der Waals surface area contributed by atoms with Gasteiger partial charge in [0.2, 0.25) is 5.91 Å². The number of carbonyl (C=O) groups is 2. The van der Waals surface area contributed by atoms with Crippen molar-refractivity contribution in [2.45, 2.75) is 36.6 Å². The number of hydrogen-bond acceptors (Lipinski definition) is 6. The van der Waals surface area contributed by atoms with Crippen molar-refractivity contribution in [1.29, 1.82) is 0 Å². The van der Waals surface area contributed by atoms with Crippen molar-refractivity contribution in [1.82, 2.24) is 10.2 Å². The maximum atomic E-state index is 13.9. The quantitative estimate of drug-likeness (QED) is 0.232. The fraction of sp³-hybridized carbons (Fsp3) is 0.241. The first-order valence-electron chi connectivity index (χ1n) is 12.6. The second-order valence-electron chi connectivity index (χ2n) is 9.79. The van der Waals surface area contributed by atoms with Gasteiger partial charge < -0.3 is 15.1 Å². The Kier molecular flexibility index (Phi) is 9.69. The molecule has 0 radical (unpaired) electrons. The maximum absolute atomic E-state index is 13.9. The molecule has 222 valence electrons. The molecule has 1 heterocycles. The zero-order chi connectivity index (χ0) is 30.8. The molecule has 0 aromatic heterocycles. The molecule has 2 atom stereocenters. The molecular formula is C29H26Cl2F2N2O6S. The van der Waals surface area contributed by atoms with Gasteiger partial charge in [-0.1, -0.05) is 41.4 Å². The number of aliphatic carboxylic acids is 1. The standard InChI is InChI=1S/C29H26Cl2F2N2O6S/c1-42(40,41)18-5-2-4-16(12-18)13-24(29(38)39)34-28(37)26-21(30)14-17-15-35(11-10-19(17)27(26)31)25(36)9-8-20-22(32)6-3-7-23(20)33/h2-9,12,14,24,28,34,37H,10-11,13,15H2,1H3,(H,38,39)/t24-,28+/m0/s1. The summed E-state index contributed by atoms with van der Waals surface area (Å²) in [4.78, 5) is 26.2. The van der Waals surface area contributed by atoms with Crippen LogP contribution in [0.15, 0.2) is 59.5 Å². The SMILES string of the molecule is CS(=O)(=O)c1cccc(C[C@H](N[C@H](O)c2c(Cl)cc3c(c2Cl)CCN(C(=O)C=Cc2c(F)cccc2F)C3)C(=O)O)c1. The fourth-order valence-corrected chi connectivity index (χ4v) is 6.16. The van der Waals surface area contributed by atoms with E-state index >= 15 is 0 Å². The van der Waals surface area contributed by atoms with Crippen LogP contribution >= 0.6 is 23.2 Å². The second kappa shape index (κ2) is 12.9. The Labute approximate surface area is 251 Å². The summed E-state index contributed by atoms with van der Waals surface area (Å²) in [6.45, 7) is 0.310. The third-order valence-corrected chi connectivity index (χ3v) is 8.70. The van der Waals surface area contributed by atoms with Gasteiger partial charge in [-0.2, -0.15) is 0 Å². The Morgan fingerprint density at radius 2 is 1.79 bits per heavy atom. The summed E-state index contributed by atoms with van der Waals surface area (Å²) in [5.41, 5.74) is 1.35. The third-order valence-electron chi connectivity index (χ3n) is 6.84. The van der Waals surface area contributed by atoms with Gasteiger partial charge in [0, 0.05) is 41.6 Å². The van der Waals surface area contributed by atoms with E-state index in [0.29, 0.717) is 16.7 Å². The largest absolute Gasteiger partial charge is 0.480 e. The lowest BCUT2D eigenvalue weighted by molar-refractivity contribution is -0.140. The van der Waals surface area contributed by atoms with Gasteiger partial charge in [0.25, 0.3) is 0 Å². The topological polar surface area (TPSA) is 124 Å². The Morgan fingerprint density at radius 1 is 1.12 bits per heavy atom. The number of halogens is 4. The summed E-state index contributed by atoms with van der Waals surface area (Å²) in [5, 5.41) is 23.5. The predicted octanol–water partition coefficient (Wildman–Crippen LogP) is 4.55. The minimum atomic E-state index is -3.51. The van der Waals surface area contributed by atoms with Gasteiger partial charge in [-0.25, -0.2) is 17.2 Å². The minimum Gasteiger partial charge on any atom is -0.480 e. The molecule has 8 nitrogen and oxygen atoms in total. The van der Waals surface area contributed by atoms with E-state index in [1.165, 1.54) is 35.2 Å². The number of nitrogens with zero attached hydrogens (tertiary/aromatic N) is 1. The predicted molar refractivity (Wildman–Crippen MR) is 154 cm³/mol. The number of sulfone groups is 1. The molecule has 3 aromatic rings. The Bertz CT molecular complexity index is 1660. The van der Waals surface area contributed by atoms with Crippen LogP contribution in [0.3, 0.4) is 0 Å². The molecule has 0 fully saturated rings. The molecule has 0 aliphatic carbocycles. The van der Waals surface area contributed by atoms with E-state index < -0.39 is 45.6 Å². The lowest BCUT2D eigenvalue weighted by Crippen LogP contribution is -2.41. The van der Waals surface area contributed by atoms with Crippen molar-refractivity contribution >= 4 is 51.0 Å². The first kappa shape index (κ1) is 31.6. The number of nitrogens with one attached hydrogen (secondary N) is 1. The number of aliphatic hydroxyl groups is 1. The van der Waals surface area contributed by atoms with Crippen LogP contribution in [0.25, 0.3) is 6.08 Å². The summed E-state index contributed by atoms with van der Waals surface area (Å²) >= 11 is 13.1. The normalized spacial score (nSPS) is 15.0. The van der Waals surface area contributed by atoms with E-state index in [4.69, 9.17) is 23.2 Å². The minimum absolute atomic E-state index is 0.0280. The molecule has 1 aliphatic rings. The third kappa shape index (κ3) is 7.16. The number of rotatable bonds is 9. The van der Waals surface area contributed by atoms with Crippen molar-refractivity contribution in [2.24, 2.45) is 0 Å². The van der Waals surface area contributed by atoms with Gasteiger partial charge in [0.05, 0.1) is 9.92 Å². The molecular weight excluding hydrogens is 613 g/mol. The monoisotopic (exact) mass is 638 g/mol. The van der Waals surface area contributed by atoms with Crippen LogP contribution in [0.2, 0.25) is 10.0 Å². The molecule has 4 rings (SSSR count). The molecule has 1 aliphatic heterocycles. The van der Waals surface area contributed by atoms with Crippen molar-refractivity contribution in [3.63, 3.8) is 0 Å². The van der Waals surface area contributed by atoms with E-state index in [2.05, 4.69) is 5.32 Å². The summed E-state index contributed by atoms with van der Waals surface area (Å²) in [6, 6.07) is 9.44. The number of hydrogen-bond donors (Lipinski definition) is 3. The number of amides is 1. The van der Waals surface area contributed by atoms with Crippen LogP contribution in [0, 0.1) is 11.6 Å². The Morgan fingerprint density at radius 3 is 2.43 bits per heavy atom. The zero-order valence-corrected chi connectivity index (χ0v) is 24.5. The van der Waals surface area contributed by atoms with Crippen molar-refractivity contribution < 1.29 is 37.0 Å². The highest BCUT2D eigenvalue weighted by Crippen LogP contribution is 2.37. The first-order chi connectivity index (χ1) is 19.8. The second-order valence-corrected chi connectivity index (χ2v) is 12.6. The molecule has 42 heavy (non-hydrogen) atoms. The van der Waals surface area contributed by atoms with Gasteiger partial charge in [-0.3, -0.25) is 14.9 Å². The lowest BCUT2D eigenvalue weighted by Gasteiger charge is -2.31. The molecule has 0 spiro atoms. The summed E-state index contributed by atoms with van der Waals surface area (Å²) < 4.78 is 51.6. The number of carboxylic acids is 1. The van der Waals surface area contributed by atoms with Gasteiger partial charge in [-0.15, -0.1) is 0 Å². The zero-order valence-electron chi connectivity index (χ0n) is 22.2. The van der Waals surface area contributed by atoms with E-state index in [-0.39, 0.29) is 52.0 Å². The van der Waals surface area contributed by atoms with Crippen molar-refractivity contribution in [2.75, 3.05) is 12.8 Å². The van der Waals surface area contributed by atoms with Crippen molar-refractivity contribution in [3.8, 4) is 0 Å². The van der Waals surface area contributed by atoms with Crippen LogP contribution in [0.4, 0.5) is 8.78 Å². The van der Waals surface area contributed by atoms with Crippen LogP contribution in [-0.4, -0.2) is 54.2 Å². The highest BCUT2D eigenvalue weighted by molar-refractivity contribution is 7.90. The molecule has 3 aromatic carbocycles. The number of carbonyl (C=O) groups excluding carboxylic acids is 1. The molecule has 0 saturated heterocycles. The lowest BCUT2D eigenvalue weighted by atomic mass is 9.95. The number of aliphatic hydroxyl groups excluding tert-OH is 1. The number of benzene rings is 3. The van der Waals surface area contributed by atoms with Gasteiger partial charge >= 0.3 is 5.97 Å². The van der Waals surface area contributed by atoms with E-state index in [1.807, 2.05) is 0 Å². The highest BCUT2D eigenvalue weighted by Gasteiger charge is 2.29. The number of carboxylic acid groups (broad SMARTS) is 1. The fourth-order valence-electron chi connectivity index (χ4n) is 4.67. The Balaban J connectivity index is 1.51. The van der Waals surface area contributed by atoms with Gasteiger partial charge in [0.15, 0.2) is 9.84 Å². The molecule has 0 saturated carbocycles. The first-order valence-corrected chi connectivity index (χ1v) is 15.3. The average molecular weight is 640 g/mol. The molecule has 3 N–H and O–H groups in total. The van der Waals surface area contributed by atoms with Gasteiger partial charge in [0.1, 0.15) is 23.9 Å². The van der Waals surface area contributed by atoms with Crippen LogP contribution in [0.1, 0.15) is 34.0 Å². The van der Waals surface area contributed by atoms with E-state index in [1.54, 1.807) is 6.07 Å². The van der Waals surface area contributed by atoms with Crippen LogP contribution < -0.4 is 5.32 Å². The average Bonchev–Trinajstić information content (AvgIpc) is 2.91. The molecule has 13 heteroatoms. The van der Waals surface area contributed by atoms with Crippen LogP contribution in [-0.2, 0) is 38.8 Å². The summed E-state index contributed by atoms with van der Waals surface area (Å²) in [6.07, 6.45) is 1.74. The van der Waals surface area contributed by atoms with Crippen LogP contribution in [0.5, 0.6) is 0 Å². The molecule has 1 amide bonds. The van der Waals surface area contributed by atoms with Gasteiger partial charge in [-0.05, 0) is 65.9 Å². The number of fused-ring (bicyclic) bond motifs is 1. The summed E-state index contributed by atoms with van der Waals surface area (Å²) in [7, 11) is -3.51. The van der Waals surface area contributed by atoms with Crippen molar-refractivity contribution in [3.05, 3.63) is 104 Å². The molecule has 0 bridgehead atoms. The summed E-state index contributed by atoms with van der Waals surface area (Å²) in [5.74, 6) is -3.37. The molecule has 0 unspecified atom stereocenters.